The van der Waals surface area contributed by atoms with Crippen molar-refractivity contribution in [3.8, 4) is 0 Å². The zero-order chi connectivity index (χ0) is 21.6. The van der Waals surface area contributed by atoms with Gasteiger partial charge in [-0.2, -0.15) is 10.2 Å². The van der Waals surface area contributed by atoms with Crippen molar-refractivity contribution in [2.75, 3.05) is 0 Å². The highest BCUT2D eigenvalue weighted by Gasteiger charge is 2.41. The lowest BCUT2D eigenvalue weighted by molar-refractivity contribution is -0.0355. The molecule has 0 unspecified atom stereocenters. The maximum Gasteiger partial charge on any atom is 0.137 e. The molecule has 10 heteroatoms. The molecule has 2 atom stereocenters. The van der Waals surface area contributed by atoms with Crippen LogP contribution in [0.1, 0.15) is 24.2 Å². The van der Waals surface area contributed by atoms with Crippen molar-refractivity contribution in [2.24, 2.45) is 0 Å². The highest BCUT2D eigenvalue weighted by Crippen LogP contribution is 2.38. The summed E-state index contributed by atoms with van der Waals surface area (Å²) in [7, 11) is 0. The van der Waals surface area contributed by atoms with E-state index in [1.165, 1.54) is 28.9 Å². The molecule has 1 N–H and O–H groups in total. The number of halogens is 4. The minimum atomic E-state index is -2.01. The van der Waals surface area contributed by atoms with Crippen molar-refractivity contribution in [1.82, 2.24) is 24.5 Å². The lowest BCUT2D eigenvalue weighted by Crippen LogP contribution is -2.41. The molecule has 4 rings (SSSR count). The highest BCUT2D eigenvalue weighted by atomic mass is 19.1. The quantitative estimate of drug-likeness (QED) is 0.502. The molecule has 0 aliphatic heterocycles. The highest BCUT2D eigenvalue weighted by molar-refractivity contribution is 5.82. The number of rotatable bonds is 5. The molecule has 0 aliphatic rings. The summed E-state index contributed by atoms with van der Waals surface area (Å²) in [5.74, 6) is -3.40. The van der Waals surface area contributed by atoms with Crippen molar-refractivity contribution in [2.45, 2.75) is 32.0 Å². The largest absolute Gasteiger partial charge is 0.381 e. The zero-order valence-electron chi connectivity index (χ0n) is 16.0. The Morgan fingerprint density at radius 1 is 1.07 bits per heavy atom. The van der Waals surface area contributed by atoms with Gasteiger partial charge in [0.1, 0.15) is 41.5 Å². The normalized spacial score (nSPS) is 14.8. The van der Waals surface area contributed by atoms with E-state index in [4.69, 9.17) is 0 Å². The topological polar surface area (TPSA) is 68.8 Å². The lowest BCUT2D eigenvalue weighted by Gasteiger charge is -2.35. The average Bonchev–Trinajstić information content (AvgIpc) is 3.28. The molecule has 4 aromatic rings. The Hall–Kier alpha value is -3.27. The maximum absolute atomic E-state index is 14.7. The Kier molecular flexibility index (Phi) is 4.81. The molecule has 0 bridgehead atoms. The van der Waals surface area contributed by atoms with E-state index in [-0.39, 0.29) is 28.7 Å². The first-order valence-corrected chi connectivity index (χ1v) is 9.05. The summed E-state index contributed by atoms with van der Waals surface area (Å²) in [5, 5.41) is 20.0. The van der Waals surface area contributed by atoms with Gasteiger partial charge >= 0.3 is 0 Å². The van der Waals surface area contributed by atoms with Crippen LogP contribution in [0.2, 0.25) is 0 Å². The first kappa shape index (κ1) is 20.0. The summed E-state index contributed by atoms with van der Waals surface area (Å²) in [5.41, 5.74) is -1.86. The molecular weight excluding hydrogens is 402 g/mol. The molecule has 156 valence electrons. The Labute approximate surface area is 168 Å². The third-order valence-corrected chi connectivity index (χ3v) is 5.23. The van der Waals surface area contributed by atoms with Crippen molar-refractivity contribution in [3.63, 3.8) is 0 Å². The number of hydrogen-bond donors (Lipinski definition) is 1. The van der Waals surface area contributed by atoms with Gasteiger partial charge in [-0.1, -0.05) is 6.07 Å². The Balaban J connectivity index is 1.92. The zero-order valence-corrected chi connectivity index (χ0v) is 16.0. The molecule has 0 saturated carbocycles. The summed E-state index contributed by atoms with van der Waals surface area (Å²) in [6, 6.07) is 3.60. The van der Waals surface area contributed by atoms with Crippen LogP contribution in [0.25, 0.3) is 10.9 Å². The minimum Gasteiger partial charge on any atom is -0.381 e. The number of aryl methyl sites for hydroxylation is 1. The fraction of sp³-hybridized carbons (Fsp3) is 0.250. The number of hydrogen-bond acceptors (Lipinski definition) is 4. The number of fused-ring (bicyclic) bond motifs is 1. The van der Waals surface area contributed by atoms with Crippen LogP contribution in [-0.2, 0) is 12.1 Å². The van der Waals surface area contributed by atoms with Gasteiger partial charge in [-0.05, 0) is 19.9 Å². The fourth-order valence-corrected chi connectivity index (χ4v) is 3.71. The number of aromatic nitrogens is 5. The summed E-state index contributed by atoms with van der Waals surface area (Å²) in [4.78, 5) is 3.81. The average molecular weight is 419 g/mol. The summed E-state index contributed by atoms with van der Waals surface area (Å²) in [6.45, 7) is 2.80. The van der Waals surface area contributed by atoms with E-state index in [9.17, 15) is 22.7 Å². The van der Waals surface area contributed by atoms with Crippen LogP contribution in [0.3, 0.4) is 0 Å². The minimum absolute atomic E-state index is 0.0888. The van der Waals surface area contributed by atoms with E-state index in [1.807, 2.05) is 0 Å². The number of aliphatic hydroxyl groups is 1. The molecule has 6 nitrogen and oxygen atoms in total. The van der Waals surface area contributed by atoms with Gasteiger partial charge in [0, 0.05) is 23.8 Å². The van der Waals surface area contributed by atoms with E-state index in [1.54, 1.807) is 6.92 Å². The van der Waals surface area contributed by atoms with Gasteiger partial charge in [0.15, 0.2) is 0 Å². The van der Waals surface area contributed by atoms with Gasteiger partial charge in [-0.25, -0.2) is 27.2 Å². The predicted octanol–water partition coefficient (Wildman–Crippen LogP) is 3.64. The molecule has 0 spiro atoms. The molecule has 0 amide bonds. The molecule has 2 heterocycles. The molecule has 0 aliphatic carbocycles. The standard InChI is InChI=1S/C20H17F4N5O/c1-11-19-17(24)6-14(22)7-18(19)29(27-11)12(2)20(30,8-28-10-25-9-26-28)15-4-3-13(21)5-16(15)23/h3-7,9-10,12,30H,8H2,1-2H3/t12-,20-/m1/s1. The van der Waals surface area contributed by atoms with Crippen LogP contribution in [-0.4, -0.2) is 29.7 Å². The SMILES string of the molecule is Cc1nn([C@H](C)[C@](O)(Cn2cncn2)c2ccc(F)cc2F)c2cc(F)cc(F)c12. The van der Waals surface area contributed by atoms with Gasteiger partial charge in [0.25, 0.3) is 0 Å². The van der Waals surface area contributed by atoms with Crippen LogP contribution in [0.15, 0.2) is 43.0 Å². The van der Waals surface area contributed by atoms with Crippen LogP contribution in [0, 0.1) is 30.2 Å². The molecule has 2 aromatic carbocycles. The Bertz CT molecular complexity index is 1220. The predicted molar refractivity (Wildman–Crippen MR) is 99.4 cm³/mol. The summed E-state index contributed by atoms with van der Waals surface area (Å²) in [6.07, 6.45) is 2.56. The molecular formula is C20H17F4N5O. The first-order chi connectivity index (χ1) is 14.2. The van der Waals surface area contributed by atoms with Gasteiger partial charge in [0.05, 0.1) is 29.2 Å². The summed E-state index contributed by atoms with van der Waals surface area (Å²) >= 11 is 0. The van der Waals surface area contributed by atoms with E-state index in [2.05, 4.69) is 15.2 Å². The molecule has 0 fully saturated rings. The number of nitrogens with zero attached hydrogens (tertiary/aromatic N) is 5. The second-order valence-corrected chi connectivity index (χ2v) is 7.13. The van der Waals surface area contributed by atoms with Crippen LogP contribution >= 0.6 is 0 Å². The van der Waals surface area contributed by atoms with Crippen LogP contribution < -0.4 is 0 Å². The van der Waals surface area contributed by atoms with E-state index in [0.717, 1.165) is 24.3 Å². The van der Waals surface area contributed by atoms with Crippen molar-refractivity contribution < 1.29 is 22.7 Å². The first-order valence-electron chi connectivity index (χ1n) is 9.05. The van der Waals surface area contributed by atoms with E-state index >= 15 is 0 Å². The van der Waals surface area contributed by atoms with Gasteiger partial charge in [-0.3, -0.25) is 4.68 Å². The van der Waals surface area contributed by atoms with Crippen molar-refractivity contribution in [3.05, 3.63) is 77.5 Å². The van der Waals surface area contributed by atoms with E-state index in [0.29, 0.717) is 6.07 Å². The lowest BCUT2D eigenvalue weighted by atomic mass is 9.86. The molecule has 2 aromatic heterocycles. The third kappa shape index (κ3) is 3.22. The Morgan fingerprint density at radius 3 is 2.47 bits per heavy atom. The maximum atomic E-state index is 14.7. The Morgan fingerprint density at radius 2 is 1.80 bits per heavy atom. The van der Waals surface area contributed by atoms with Crippen molar-refractivity contribution in [1.29, 1.82) is 0 Å². The third-order valence-electron chi connectivity index (χ3n) is 5.23. The van der Waals surface area contributed by atoms with Crippen LogP contribution in [0.4, 0.5) is 17.6 Å². The molecule has 0 saturated heterocycles. The van der Waals surface area contributed by atoms with Gasteiger partial charge in [-0.15, -0.1) is 0 Å². The van der Waals surface area contributed by atoms with E-state index < -0.39 is 34.9 Å². The summed E-state index contributed by atoms with van der Waals surface area (Å²) < 4.78 is 59.0. The van der Waals surface area contributed by atoms with Gasteiger partial charge < -0.3 is 5.11 Å². The number of benzene rings is 2. The second-order valence-electron chi connectivity index (χ2n) is 7.13. The molecule has 30 heavy (non-hydrogen) atoms. The van der Waals surface area contributed by atoms with Gasteiger partial charge in [0.2, 0.25) is 0 Å². The van der Waals surface area contributed by atoms with Crippen LogP contribution in [0.5, 0.6) is 0 Å². The second kappa shape index (κ2) is 7.21. The van der Waals surface area contributed by atoms with Crippen molar-refractivity contribution >= 4 is 10.9 Å². The monoisotopic (exact) mass is 419 g/mol. The fourth-order valence-electron chi connectivity index (χ4n) is 3.71. The molecule has 0 radical (unpaired) electrons. The smallest absolute Gasteiger partial charge is 0.137 e.